The van der Waals surface area contributed by atoms with Crippen LogP contribution < -0.4 is 42.0 Å². The van der Waals surface area contributed by atoms with Crippen LogP contribution in [0.3, 0.4) is 0 Å². The fraction of sp³-hybridized carbons (Fsp3) is 0.465. The summed E-state index contributed by atoms with van der Waals surface area (Å²) in [5.41, 5.74) is 16.3. The monoisotopic (exact) mass is 1750 g/mol. The summed E-state index contributed by atoms with van der Waals surface area (Å²) in [7, 11) is -16.9. The number of carbonyl (C=O) groups excluding carboxylic acids is 5. The van der Waals surface area contributed by atoms with E-state index in [9.17, 15) is 47.5 Å². The number of phosphoric ester groups is 1. The van der Waals surface area contributed by atoms with Crippen LogP contribution in [0.5, 0.6) is 5.75 Å². The van der Waals surface area contributed by atoms with Gasteiger partial charge in [-0.15, -0.1) is 13.2 Å². The number of hydrogen-bond acceptors (Lipinski definition) is 22. The Balaban J connectivity index is 0.000000304. The summed E-state index contributed by atoms with van der Waals surface area (Å²) in [4.78, 5) is 111. The van der Waals surface area contributed by atoms with Gasteiger partial charge in [0.05, 0.1) is 48.8 Å². The lowest BCUT2D eigenvalue weighted by Gasteiger charge is -2.27. The maximum Gasteiger partial charge on any atom is 0.490 e. The summed E-state index contributed by atoms with van der Waals surface area (Å²) in [5.74, 6) is 5.27. The Morgan fingerprint density at radius 2 is 1.53 bits per heavy atom. The Morgan fingerprint density at radius 1 is 0.795 bits per heavy atom. The van der Waals surface area contributed by atoms with Crippen molar-refractivity contribution in [2.24, 2.45) is 0 Å². The fourth-order valence-electron chi connectivity index (χ4n) is 13.9. The van der Waals surface area contributed by atoms with E-state index in [2.05, 4.69) is 212 Å². The SMILES string of the molecule is C=CCOCOC1C[C@H](n2cc(C#CCNC(=O)COC(COc3cccc(C(=O)NCCCCC)c3)OCC=C)c3c(N)ncnc32)O[C@@H]1COP(=O)(O)OP(=O)(O)OP(=O)(O)O.CCNC(=O)[C@H](CCCCNC(=O)CCCCC[N+]1=C(C=CC=C2N(c3ccccc3)c3ccccc3C2(C)C)C(C)(C)c2cc(C)ccc21)NC(=O)OC(C)(C)C. The van der Waals surface area contributed by atoms with Gasteiger partial charge in [0.2, 0.25) is 23.4 Å². The third-order valence-corrected chi connectivity index (χ3v) is 23.5. The molecule has 122 heavy (non-hydrogen) atoms. The normalized spacial score (nSPS) is 17.6. The van der Waals surface area contributed by atoms with Crippen LogP contribution in [0.25, 0.3) is 11.0 Å². The van der Waals surface area contributed by atoms with Crippen LogP contribution in [-0.2, 0) is 80.5 Å². The standard InChI is InChI=1S/C49H65N5O4.C37H51N6O18P3/c1-10-50-45(56)39(52-46(57)58-47(3,4)5)25-18-19-32-51-44(55)29-15-12-20-33-53-40-31-30-35(2)34-38(40)49(8,9)42(53)27-21-28-43-48(6,7)37-24-16-17-26-41(37)54(43)36-22-13-11-14-23-36;1-4-7-8-14-40-37(45)26-11-9-13-28(18-26)55-23-33(54-17-6-3)56-22-31(44)39-15-10-12-27-20-43(36-34(27)35(38)41-24-42-36)32-19-29(57-25-53-16-5-2)30(59-32)21-58-63(49,50)61-64(51,52)60-62(46,47)48/h11,13-14,16-17,21-24,26-28,30-31,34,39H,10,12,15,18-20,25,29,32-33H2,1-9H3,(H2-,50,51,52,55,56,57);5-6,9,11,13,18,20,24,29-30,32-33H,2-4,7-8,14-17,19,21-23,25H2,1H3,(H,39,44)(H,40,45)(H,49,50)(H,51,52)(H2,38,41,42)(H2,46,47,48)/p+1/t39-;29?,30-,32-,33?/m01/s1. The number of nitrogen functional groups attached to an aromatic ring is 1. The minimum absolute atomic E-state index is 0.0417. The number of nitrogens with zero attached hydrogens (tertiary/aromatic N) is 5. The van der Waals surface area contributed by atoms with Gasteiger partial charge in [-0.1, -0.05) is 118 Å². The van der Waals surface area contributed by atoms with E-state index in [0.717, 1.165) is 50.8 Å². The molecule has 9 rings (SSSR count). The van der Waals surface area contributed by atoms with Gasteiger partial charge in [0, 0.05) is 90.8 Å². The summed E-state index contributed by atoms with van der Waals surface area (Å²) >= 11 is 0. The highest BCUT2D eigenvalue weighted by atomic mass is 31.3. The molecule has 1 fully saturated rings. The summed E-state index contributed by atoms with van der Waals surface area (Å²) in [6.45, 7) is 28.8. The molecule has 0 bridgehead atoms. The number of aryl methyl sites for hydroxylation is 1. The second kappa shape index (κ2) is 46.3. The zero-order valence-electron chi connectivity index (χ0n) is 70.9. The van der Waals surface area contributed by atoms with Crippen LogP contribution in [0.15, 0.2) is 159 Å². The van der Waals surface area contributed by atoms with Crippen LogP contribution in [0.4, 0.5) is 27.7 Å². The Bertz CT molecular complexity index is 4900. The number of alkyl carbamates (subject to hydrolysis) is 1. The molecular weight excluding hydrogens is 1630 g/mol. The molecule has 36 heteroatoms. The number of likely N-dealkylation sites (N-methyl/N-ethyl adjacent to an activating group) is 1. The maximum absolute atomic E-state index is 12.7. The van der Waals surface area contributed by atoms with Crippen molar-refractivity contribution in [1.82, 2.24) is 41.1 Å². The van der Waals surface area contributed by atoms with E-state index >= 15 is 0 Å². The number of allylic oxidation sites excluding steroid dienone is 4. The number of phosphoric acid groups is 3. The predicted molar refractivity (Wildman–Crippen MR) is 462 cm³/mol. The number of hydrogen-bond donors (Lipinski definition) is 10. The van der Waals surface area contributed by atoms with Crippen LogP contribution in [-0.4, -0.2) is 177 Å². The van der Waals surface area contributed by atoms with Gasteiger partial charge in [-0.3, -0.25) is 23.7 Å². The number of amides is 5. The zero-order chi connectivity index (χ0) is 88.8. The van der Waals surface area contributed by atoms with Crippen LogP contribution in [0.2, 0.25) is 0 Å². The predicted octanol–water partition coefficient (Wildman–Crippen LogP) is 13.0. The number of aromatic nitrogens is 3. The molecule has 1 saturated heterocycles. The molecule has 6 aromatic rings. The largest absolute Gasteiger partial charge is 0.490 e. The average molecular weight is 1750 g/mol. The van der Waals surface area contributed by atoms with Gasteiger partial charge in [-0.25, -0.2) is 28.5 Å². The van der Waals surface area contributed by atoms with E-state index in [1.807, 2.05) is 6.92 Å². The molecule has 4 aromatic carbocycles. The molecule has 5 amide bonds. The lowest BCUT2D eigenvalue weighted by molar-refractivity contribution is -0.438. The average Bonchev–Trinajstić information content (AvgIpc) is 1.59. The van der Waals surface area contributed by atoms with Gasteiger partial charge in [0.15, 0.2) is 12.0 Å². The topological polar surface area (TPSA) is 433 Å². The molecule has 11 N–H and O–H groups in total. The van der Waals surface area contributed by atoms with Gasteiger partial charge in [0.25, 0.3) is 5.91 Å². The Kier molecular flexibility index (Phi) is 37.1. The molecule has 0 spiro atoms. The smallest absolute Gasteiger partial charge is 0.488 e. The van der Waals surface area contributed by atoms with E-state index in [1.165, 1.54) is 58.0 Å². The van der Waals surface area contributed by atoms with Gasteiger partial charge in [0.1, 0.15) is 74.1 Å². The second-order valence-corrected chi connectivity index (χ2v) is 35.5. The van der Waals surface area contributed by atoms with Gasteiger partial charge in [-0.2, -0.15) is 13.2 Å². The number of carbonyl (C=O) groups is 5. The molecule has 0 radical (unpaired) electrons. The quantitative estimate of drug-likeness (QED) is 0.00424. The summed E-state index contributed by atoms with van der Waals surface area (Å²) < 4.78 is 91.3. The Morgan fingerprint density at radius 3 is 2.26 bits per heavy atom. The molecule has 0 saturated carbocycles. The van der Waals surface area contributed by atoms with Crippen molar-refractivity contribution >= 4 is 92.8 Å². The maximum atomic E-state index is 12.7. The molecule has 5 heterocycles. The van der Waals surface area contributed by atoms with E-state index < -0.39 is 85.1 Å². The molecule has 2 aromatic heterocycles. The second-order valence-electron chi connectivity index (χ2n) is 31.0. The van der Waals surface area contributed by atoms with Gasteiger partial charge in [-0.05, 0) is 141 Å². The van der Waals surface area contributed by atoms with Gasteiger partial charge < -0.3 is 94.5 Å². The van der Waals surface area contributed by atoms with E-state index in [1.54, 1.807) is 55.8 Å². The first-order valence-corrected chi connectivity index (χ1v) is 45.1. The molecule has 33 nitrogen and oxygen atoms in total. The molecule has 3 aliphatic rings. The third-order valence-electron chi connectivity index (χ3n) is 19.6. The van der Waals surface area contributed by atoms with Crippen molar-refractivity contribution in [2.75, 3.05) is 83.2 Å². The number of unbranched alkanes of at least 4 members (excludes halogenated alkanes) is 5. The molecular formula is C86H117N11O22P3+. The number of nitrogens with one attached hydrogen (secondary N) is 5. The first kappa shape index (κ1) is 97.9. The zero-order valence-corrected chi connectivity index (χ0v) is 73.6. The van der Waals surface area contributed by atoms with E-state index in [4.69, 9.17) is 53.2 Å². The van der Waals surface area contributed by atoms with Crippen LogP contribution in [0, 0.1) is 18.8 Å². The van der Waals surface area contributed by atoms with Crippen molar-refractivity contribution in [1.29, 1.82) is 0 Å². The minimum Gasteiger partial charge on any atom is -0.488 e. The molecule has 4 unspecified atom stereocenters. The molecule has 0 aliphatic carbocycles. The summed E-state index contributed by atoms with van der Waals surface area (Å²) in [6, 6.07) is 32.1. The number of fused-ring (bicyclic) bond motifs is 3. The molecule has 7 atom stereocenters. The van der Waals surface area contributed by atoms with Crippen molar-refractivity contribution in [2.45, 2.75) is 187 Å². The van der Waals surface area contributed by atoms with E-state index in [-0.39, 0.29) is 79.6 Å². The van der Waals surface area contributed by atoms with E-state index in [0.29, 0.717) is 67.6 Å². The highest BCUT2D eigenvalue weighted by molar-refractivity contribution is 7.66. The first-order chi connectivity index (χ1) is 58.0. The van der Waals surface area contributed by atoms with Crippen molar-refractivity contribution < 1.29 is 108 Å². The van der Waals surface area contributed by atoms with Crippen molar-refractivity contribution in [3.63, 3.8) is 0 Å². The lowest BCUT2D eigenvalue weighted by atomic mass is 9.80. The van der Waals surface area contributed by atoms with Crippen molar-refractivity contribution in [3.05, 3.63) is 187 Å². The van der Waals surface area contributed by atoms with Gasteiger partial charge >= 0.3 is 29.6 Å². The Labute approximate surface area is 713 Å². The van der Waals surface area contributed by atoms with Crippen molar-refractivity contribution in [3.8, 4) is 17.6 Å². The highest BCUT2D eigenvalue weighted by Gasteiger charge is 2.47. The fourth-order valence-corrected chi connectivity index (χ4v) is 17.0. The Hall–Kier alpha value is -9.55. The number of rotatable bonds is 45. The number of para-hydroxylation sites is 2. The minimum atomic E-state index is -5.77. The highest BCUT2D eigenvalue weighted by Crippen LogP contribution is 2.66. The third kappa shape index (κ3) is 29.6. The number of nitrogens with two attached hydrogens (primary N) is 1. The molecule has 3 aliphatic heterocycles. The van der Waals surface area contributed by atoms with Crippen LogP contribution in [0.1, 0.15) is 172 Å². The number of benzene rings is 4. The molecule has 662 valence electrons. The summed E-state index contributed by atoms with van der Waals surface area (Å²) in [5, 5.41) is 14.3. The lowest BCUT2D eigenvalue weighted by Crippen LogP contribution is -2.48. The first-order valence-electron chi connectivity index (χ1n) is 40.6. The summed E-state index contributed by atoms with van der Waals surface area (Å²) in [6.07, 6.45) is 16.0. The van der Waals surface area contributed by atoms with Crippen LogP contribution >= 0.6 is 23.5 Å². The number of ether oxygens (including phenoxy) is 7. The number of anilines is 3.